The summed E-state index contributed by atoms with van der Waals surface area (Å²) in [4.78, 5) is 4.02. The molecule has 1 atom stereocenters. The predicted molar refractivity (Wildman–Crippen MR) is 70.9 cm³/mol. The fourth-order valence-corrected chi connectivity index (χ4v) is 1.93. The third-order valence-corrected chi connectivity index (χ3v) is 3.09. The molecule has 1 aromatic carbocycles. The van der Waals surface area contributed by atoms with Gasteiger partial charge in [0, 0.05) is 23.2 Å². The summed E-state index contributed by atoms with van der Waals surface area (Å²) in [6.45, 7) is 0. The highest BCUT2D eigenvalue weighted by molar-refractivity contribution is 6.31. The minimum absolute atomic E-state index is 0.453. The van der Waals surface area contributed by atoms with E-state index in [1.165, 1.54) is 0 Å². The first kappa shape index (κ1) is 12.9. The fraction of sp³-hybridized carbons (Fsp3) is 0.214. The van der Waals surface area contributed by atoms with Crippen LogP contribution in [0, 0.1) is 0 Å². The molecular weight excluding hydrogens is 250 g/mol. The van der Waals surface area contributed by atoms with E-state index < -0.39 is 6.10 Å². The van der Waals surface area contributed by atoms with Gasteiger partial charge in [-0.3, -0.25) is 4.98 Å². The first-order chi connectivity index (χ1) is 8.70. The van der Waals surface area contributed by atoms with Crippen molar-refractivity contribution < 1.29 is 9.84 Å². The maximum absolute atomic E-state index is 10.2. The lowest BCUT2D eigenvalue weighted by molar-refractivity contribution is 0.177. The van der Waals surface area contributed by atoms with Gasteiger partial charge >= 0.3 is 0 Å². The number of halogens is 1. The zero-order chi connectivity index (χ0) is 13.0. The van der Waals surface area contributed by atoms with E-state index in [4.69, 9.17) is 16.3 Å². The third-order valence-electron chi connectivity index (χ3n) is 2.73. The summed E-state index contributed by atoms with van der Waals surface area (Å²) in [5.74, 6) is 0.630. The molecule has 2 aromatic rings. The summed E-state index contributed by atoms with van der Waals surface area (Å²) in [6, 6.07) is 9.25. The van der Waals surface area contributed by atoms with Crippen LogP contribution in [0.25, 0.3) is 0 Å². The van der Waals surface area contributed by atoms with E-state index in [0.29, 0.717) is 22.8 Å². The van der Waals surface area contributed by atoms with Crippen LogP contribution in [0.1, 0.15) is 17.2 Å². The van der Waals surface area contributed by atoms with Crippen molar-refractivity contribution in [3.63, 3.8) is 0 Å². The van der Waals surface area contributed by atoms with Gasteiger partial charge in [-0.2, -0.15) is 0 Å². The number of aromatic nitrogens is 1. The standard InChI is InChI=1S/C14H14ClNO2/c1-18-12-6-11(8-16-9-12)14(17)7-10-4-2-3-5-13(10)15/h2-6,8-9,14,17H,7H2,1H3. The highest BCUT2D eigenvalue weighted by Gasteiger charge is 2.11. The quantitative estimate of drug-likeness (QED) is 0.922. The summed E-state index contributed by atoms with van der Waals surface area (Å²) < 4.78 is 5.08. The van der Waals surface area contributed by atoms with E-state index >= 15 is 0 Å². The van der Waals surface area contributed by atoms with Gasteiger partial charge in [-0.25, -0.2) is 0 Å². The first-order valence-electron chi connectivity index (χ1n) is 5.61. The second kappa shape index (κ2) is 5.85. The van der Waals surface area contributed by atoms with Gasteiger partial charge in [-0.05, 0) is 17.7 Å². The number of nitrogens with zero attached hydrogens (tertiary/aromatic N) is 1. The number of hydrogen-bond acceptors (Lipinski definition) is 3. The lowest BCUT2D eigenvalue weighted by Crippen LogP contribution is -2.03. The van der Waals surface area contributed by atoms with E-state index in [-0.39, 0.29) is 0 Å². The van der Waals surface area contributed by atoms with Crippen LogP contribution in [0.5, 0.6) is 5.75 Å². The highest BCUT2D eigenvalue weighted by atomic mass is 35.5. The van der Waals surface area contributed by atoms with E-state index in [0.717, 1.165) is 5.56 Å². The predicted octanol–water partition coefficient (Wildman–Crippen LogP) is 3.02. The topological polar surface area (TPSA) is 42.4 Å². The molecule has 1 unspecified atom stereocenters. The van der Waals surface area contributed by atoms with Crippen molar-refractivity contribution >= 4 is 11.6 Å². The lowest BCUT2D eigenvalue weighted by atomic mass is 10.0. The van der Waals surface area contributed by atoms with Gasteiger partial charge in [0.2, 0.25) is 0 Å². The minimum atomic E-state index is -0.646. The number of pyridine rings is 1. The van der Waals surface area contributed by atoms with Gasteiger partial charge in [0.05, 0.1) is 19.4 Å². The Morgan fingerprint density at radius 2 is 2.11 bits per heavy atom. The largest absolute Gasteiger partial charge is 0.495 e. The Morgan fingerprint density at radius 3 is 2.83 bits per heavy atom. The number of ether oxygens (including phenoxy) is 1. The molecule has 0 aliphatic heterocycles. The number of rotatable bonds is 4. The second-order valence-electron chi connectivity index (χ2n) is 3.97. The van der Waals surface area contributed by atoms with Crippen molar-refractivity contribution in [3.8, 4) is 5.75 Å². The molecule has 0 spiro atoms. The molecule has 1 N–H and O–H groups in total. The third kappa shape index (κ3) is 3.00. The molecule has 0 saturated carbocycles. The van der Waals surface area contributed by atoms with Gasteiger partial charge in [0.25, 0.3) is 0 Å². The van der Waals surface area contributed by atoms with Gasteiger partial charge in [0.15, 0.2) is 0 Å². The number of aliphatic hydroxyl groups is 1. The van der Waals surface area contributed by atoms with E-state index in [1.807, 2.05) is 24.3 Å². The minimum Gasteiger partial charge on any atom is -0.495 e. The second-order valence-corrected chi connectivity index (χ2v) is 4.38. The average molecular weight is 264 g/mol. The van der Waals surface area contributed by atoms with Crippen LogP contribution < -0.4 is 4.74 Å². The molecule has 0 bridgehead atoms. The molecule has 1 heterocycles. The Balaban J connectivity index is 2.16. The van der Waals surface area contributed by atoms with Gasteiger partial charge in [0.1, 0.15) is 5.75 Å². The molecule has 0 saturated heterocycles. The molecule has 0 fully saturated rings. The van der Waals surface area contributed by atoms with E-state index in [2.05, 4.69) is 4.98 Å². The number of aliphatic hydroxyl groups excluding tert-OH is 1. The normalized spacial score (nSPS) is 12.2. The van der Waals surface area contributed by atoms with Crippen molar-refractivity contribution in [2.75, 3.05) is 7.11 Å². The molecule has 1 aromatic heterocycles. The van der Waals surface area contributed by atoms with Crippen molar-refractivity contribution in [1.29, 1.82) is 0 Å². The molecule has 3 nitrogen and oxygen atoms in total. The van der Waals surface area contributed by atoms with Crippen LogP contribution in [0.3, 0.4) is 0 Å². The Labute approximate surface area is 111 Å². The Hall–Kier alpha value is -1.58. The molecule has 18 heavy (non-hydrogen) atoms. The average Bonchev–Trinajstić information content (AvgIpc) is 2.41. The number of benzene rings is 1. The SMILES string of the molecule is COc1cncc(C(O)Cc2ccccc2Cl)c1. The van der Waals surface area contributed by atoms with Gasteiger partial charge in [-0.15, -0.1) is 0 Å². The number of methoxy groups -OCH3 is 1. The van der Waals surface area contributed by atoms with E-state index in [1.54, 1.807) is 25.6 Å². The van der Waals surface area contributed by atoms with E-state index in [9.17, 15) is 5.11 Å². The summed E-state index contributed by atoms with van der Waals surface area (Å²) in [5.41, 5.74) is 1.63. The van der Waals surface area contributed by atoms with Crippen LogP contribution in [0.4, 0.5) is 0 Å². The van der Waals surface area contributed by atoms with Crippen molar-refractivity contribution in [2.45, 2.75) is 12.5 Å². The zero-order valence-corrected chi connectivity index (χ0v) is 10.8. The monoisotopic (exact) mass is 263 g/mol. The van der Waals surface area contributed by atoms with Crippen LogP contribution in [0.2, 0.25) is 5.02 Å². The summed E-state index contributed by atoms with van der Waals surface area (Å²) in [7, 11) is 1.57. The smallest absolute Gasteiger partial charge is 0.137 e. The molecular formula is C14H14ClNO2. The first-order valence-corrected chi connectivity index (χ1v) is 5.99. The maximum atomic E-state index is 10.2. The summed E-state index contributed by atoms with van der Waals surface area (Å²) in [5, 5.41) is 10.8. The van der Waals surface area contributed by atoms with Crippen LogP contribution >= 0.6 is 11.6 Å². The fourth-order valence-electron chi connectivity index (χ4n) is 1.72. The number of hydrogen-bond donors (Lipinski definition) is 1. The molecule has 0 radical (unpaired) electrons. The molecule has 0 amide bonds. The van der Waals surface area contributed by atoms with Crippen molar-refractivity contribution in [1.82, 2.24) is 4.98 Å². The summed E-state index contributed by atoms with van der Waals surface area (Å²) in [6.07, 6.45) is 3.04. The Kier molecular flexibility index (Phi) is 4.18. The van der Waals surface area contributed by atoms with Crippen LogP contribution in [0.15, 0.2) is 42.7 Å². The lowest BCUT2D eigenvalue weighted by Gasteiger charge is -2.12. The zero-order valence-electron chi connectivity index (χ0n) is 10.0. The highest BCUT2D eigenvalue weighted by Crippen LogP contribution is 2.24. The van der Waals surface area contributed by atoms with Gasteiger partial charge < -0.3 is 9.84 Å². The Morgan fingerprint density at radius 1 is 1.33 bits per heavy atom. The van der Waals surface area contributed by atoms with Crippen molar-refractivity contribution in [3.05, 3.63) is 58.9 Å². The van der Waals surface area contributed by atoms with Gasteiger partial charge in [-0.1, -0.05) is 29.8 Å². The van der Waals surface area contributed by atoms with Crippen LogP contribution in [-0.2, 0) is 6.42 Å². The molecule has 0 aliphatic rings. The van der Waals surface area contributed by atoms with Crippen LogP contribution in [-0.4, -0.2) is 17.2 Å². The van der Waals surface area contributed by atoms with Crippen molar-refractivity contribution in [2.24, 2.45) is 0 Å². The maximum Gasteiger partial charge on any atom is 0.137 e. The molecule has 2 rings (SSSR count). The molecule has 0 aliphatic carbocycles. The Bertz CT molecular complexity index is 531. The molecule has 4 heteroatoms. The summed E-state index contributed by atoms with van der Waals surface area (Å²) >= 11 is 6.06. The molecule has 94 valence electrons.